The maximum Gasteiger partial charge on any atom is 0.335 e. The van der Waals surface area contributed by atoms with Crippen LogP contribution < -0.4 is 4.74 Å². The Balaban J connectivity index is 1.84. The van der Waals surface area contributed by atoms with Crippen molar-refractivity contribution in [3.8, 4) is 16.9 Å². The Morgan fingerprint density at radius 2 is 1.60 bits per heavy atom. The quantitative estimate of drug-likeness (QED) is 0.616. The molecule has 4 heteroatoms. The number of aromatic carboxylic acids is 1. The zero-order chi connectivity index (χ0) is 18.1. The van der Waals surface area contributed by atoms with Gasteiger partial charge in [-0.25, -0.2) is 4.79 Å². The van der Waals surface area contributed by atoms with Gasteiger partial charge in [0.15, 0.2) is 0 Å². The summed E-state index contributed by atoms with van der Waals surface area (Å²) in [5, 5.41) is 8.94. The molecule has 1 N–H and O–H groups in total. The summed E-state index contributed by atoms with van der Waals surface area (Å²) in [6.45, 7) is 5.50. The van der Waals surface area contributed by atoms with Crippen LogP contribution in [0, 0.1) is 0 Å². The molecule has 1 unspecified atom stereocenters. The molecule has 2 aromatic carbocycles. The van der Waals surface area contributed by atoms with Gasteiger partial charge in [-0.1, -0.05) is 44.0 Å². The lowest BCUT2D eigenvalue weighted by Crippen LogP contribution is -2.18. The molecule has 0 radical (unpaired) electrons. The van der Waals surface area contributed by atoms with Crippen molar-refractivity contribution in [2.75, 3.05) is 13.2 Å². The summed E-state index contributed by atoms with van der Waals surface area (Å²) in [7, 11) is 0. The first-order chi connectivity index (χ1) is 12.1. The van der Waals surface area contributed by atoms with E-state index in [4.69, 9.17) is 14.6 Å². The number of hydrogen-bond acceptors (Lipinski definition) is 3. The third kappa shape index (κ3) is 6.24. The highest BCUT2D eigenvalue weighted by atomic mass is 16.5. The number of carboxylic acids is 1. The van der Waals surface area contributed by atoms with Crippen LogP contribution in [0.1, 0.15) is 43.5 Å². The lowest BCUT2D eigenvalue weighted by molar-refractivity contribution is 0.0304. The van der Waals surface area contributed by atoms with Crippen molar-refractivity contribution >= 4 is 5.97 Å². The molecule has 0 aliphatic heterocycles. The third-order valence-corrected chi connectivity index (χ3v) is 3.95. The fourth-order valence-corrected chi connectivity index (χ4v) is 2.45. The van der Waals surface area contributed by atoms with Crippen LogP contribution in [-0.4, -0.2) is 30.4 Å². The average Bonchev–Trinajstić information content (AvgIpc) is 2.64. The van der Waals surface area contributed by atoms with Crippen LogP contribution in [0.5, 0.6) is 5.75 Å². The summed E-state index contributed by atoms with van der Waals surface area (Å²) in [5.74, 6) is -0.115. The van der Waals surface area contributed by atoms with Gasteiger partial charge < -0.3 is 14.6 Å². The summed E-state index contributed by atoms with van der Waals surface area (Å²) in [6, 6.07) is 14.6. The molecule has 0 saturated carbocycles. The van der Waals surface area contributed by atoms with E-state index in [1.807, 2.05) is 43.3 Å². The summed E-state index contributed by atoms with van der Waals surface area (Å²) < 4.78 is 11.5. The van der Waals surface area contributed by atoms with Crippen LogP contribution in [0.4, 0.5) is 0 Å². The van der Waals surface area contributed by atoms with E-state index in [9.17, 15) is 4.79 Å². The molecular weight excluding hydrogens is 316 g/mol. The van der Waals surface area contributed by atoms with Crippen LogP contribution in [0.3, 0.4) is 0 Å². The average molecular weight is 342 g/mol. The second kappa shape index (κ2) is 9.84. The first kappa shape index (κ1) is 19.0. The highest BCUT2D eigenvalue weighted by Crippen LogP contribution is 2.23. The molecule has 0 heterocycles. The predicted octanol–water partition coefficient (Wildman–Crippen LogP) is 5.03. The van der Waals surface area contributed by atoms with E-state index in [1.54, 1.807) is 12.1 Å². The van der Waals surface area contributed by atoms with E-state index in [1.165, 1.54) is 12.8 Å². The summed E-state index contributed by atoms with van der Waals surface area (Å²) in [4.78, 5) is 10.9. The Morgan fingerprint density at radius 3 is 2.16 bits per heavy atom. The van der Waals surface area contributed by atoms with E-state index in [0.29, 0.717) is 6.61 Å². The van der Waals surface area contributed by atoms with Crippen molar-refractivity contribution < 1.29 is 19.4 Å². The molecule has 0 saturated heterocycles. The first-order valence-corrected chi connectivity index (χ1v) is 8.78. The molecule has 0 aliphatic rings. The van der Waals surface area contributed by atoms with Crippen molar-refractivity contribution in [2.45, 2.75) is 39.2 Å². The van der Waals surface area contributed by atoms with Gasteiger partial charge in [0, 0.05) is 6.61 Å². The van der Waals surface area contributed by atoms with Gasteiger partial charge in [-0.2, -0.15) is 0 Å². The number of hydrogen-bond donors (Lipinski definition) is 1. The van der Waals surface area contributed by atoms with Crippen LogP contribution in [0.25, 0.3) is 11.1 Å². The predicted molar refractivity (Wildman–Crippen MR) is 99.3 cm³/mol. The number of rotatable bonds is 10. The van der Waals surface area contributed by atoms with E-state index in [2.05, 4.69) is 6.92 Å². The van der Waals surface area contributed by atoms with Gasteiger partial charge in [0.25, 0.3) is 0 Å². The summed E-state index contributed by atoms with van der Waals surface area (Å²) in [5.41, 5.74) is 2.29. The fraction of sp³-hybridized carbons (Fsp3) is 0.381. The number of benzene rings is 2. The van der Waals surface area contributed by atoms with Gasteiger partial charge in [0.2, 0.25) is 0 Å². The SMILES string of the molecule is CCCCCOC(C)COc1ccc(-c2ccc(C(=O)O)cc2)cc1. The molecule has 0 aromatic heterocycles. The highest BCUT2D eigenvalue weighted by molar-refractivity contribution is 5.88. The smallest absolute Gasteiger partial charge is 0.335 e. The minimum absolute atomic E-state index is 0.0695. The lowest BCUT2D eigenvalue weighted by atomic mass is 10.0. The van der Waals surface area contributed by atoms with E-state index in [0.717, 1.165) is 29.9 Å². The Labute approximate surface area is 149 Å². The minimum Gasteiger partial charge on any atom is -0.491 e. The topological polar surface area (TPSA) is 55.8 Å². The molecule has 2 aromatic rings. The lowest BCUT2D eigenvalue weighted by Gasteiger charge is -2.14. The maximum absolute atomic E-state index is 10.9. The first-order valence-electron chi connectivity index (χ1n) is 8.78. The van der Waals surface area contributed by atoms with Gasteiger partial charge in [-0.05, 0) is 48.7 Å². The second-order valence-electron chi connectivity index (χ2n) is 6.11. The van der Waals surface area contributed by atoms with E-state index < -0.39 is 5.97 Å². The van der Waals surface area contributed by atoms with E-state index in [-0.39, 0.29) is 11.7 Å². The maximum atomic E-state index is 10.9. The second-order valence-corrected chi connectivity index (χ2v) is 6.11. The zero-order valence-corrected chi connectivity index (χ0v) is 14.9. The van der Waals surface area contributed by atoms with E-state index >= 15 is 0 Å². The van der Waals surface area contributed by atoms with Crippen LogP contribution in [-0.2, 0) is 4.74 Å². The third-order valence-electron chi connectivity index (χ3n) is 3.95. The summed E-state index contributed by atoms with van der Waals surface area (Å²) >= 11 is 0. The fourth-order valence-electron chi connectivity index (χ4n) is 2.45. The molecule has 134 valence electrons. The summed E-state index contributed by atoms with van der Waals surface area (Å²) in [6.07, 6.45) is 3.55. The molecule has 25 heavy (non-hydrogen) atoms. The van der Waals surface area contributed by atoms with Crippen molar-refractivity contribution in [1.82, 2.24) is 0 Å². The number of ether oxygens (including phenoxy) is 2. The largest absolute Gasteiger partial charge is 0.491 e. The van der Waals surface area contributed by atoms with Crippen molar-refractivity contribution in [2.24, 2.45) is 0 Å². The van der Waals surface area contributed by atoms with Gasteiger partial charge in [-0.3, -0.25) is 0 Å². The zero-order valence-electron chi connectivity index (χ0n) is 14.9. The highest BCUT2D eigenvalue weighted by Gasteiger charge is 2.05. The standard InChI is InChI=1S/C21H26O4/c1-3-4-5-14-24-16(2)15-25-20-12-10-18(11-13-20)17-6-8-19(9-7-17)21(22)23/h6-13,16H,3-5,14-15H2,1-2H3,(H,22,23). The molecule has 0 aliphatic carbocycles. The molecule has 0 fully saturated rings. The number of unbranched alkanes of at least 4 members (excludes halogenated alkanes) is 2. The van der Waals surface area contributed by atoms with Gasteiger partial charge in [0.1, 0.15) is 12.4 Å². The number of carbonyl (C=O) groups is 1. The minimum atomic E-state index is -0.915. The Kier molecular flexibility index (Phi) is 7.48. The molecule has 4 nitrogen and oxygen atoms in total. The van der Waals surface area contributed by atoms with Crippen molar-refractivity contribution in [1.29, 1.82) is 0 Å². The van der Waals surface area contributed by atoms with Crippen LogP contribution in [0.15, 0.2) is 48.5 Å². The normalized spacial score (nSPS) is 11.9. The van der Waals surface area contributed by atoms with Crippen LogP contribution in [0.2, 0.25) is 0 Å². The van der Waals surface area contributed by atoms with Crippen molar-refractivity contribution in [3.05, 3.63) is 54.1 Å². The van der Waals surface area contributed by atoms with Crippen LogP contribution >= 0.6 is 0 Å². The van der Waals surface area contributed by atoms with Gasteiger partial charge in [0.05, 0.1) is 11.7 Å². The Hall–Kier alpha value is -2.33. The number of carboxylic acid groups (broad SMARTS) is 1. The molecular formula is C21H26O4. The monoisotopic (exact) mass is 342 g/mol. The molecule has 0 spiro atoms. The molecule has 1 atom stereocenters. The Bertz CT molecular complexity index is 647. The Morgan fingerprint density at radius 1 is 1.00 bits per heavy atom. The van der Waals surface area contributed by atoms with Gasteiger partial charge >= 0.3 is 5.97 Å². The molecule has 0 amide bonds. The molecule has 0 bridgehead atoms. The molecule has 2 rings (SSSR count). The van der Waals surface area contributed by atoms with Gasteiger partial charge in [-0.15, -0.1) is 0 Å². The van der Waals surface area contributed by atoms with Crippen molar-refractivity contribution in [3.63, 3.8) is 0 Å².